The van der Waals surface area contributed by atoms with Gasteiger partial charge in [0.05, 0.1) is 6.04 Å². The number of carboxylic acids is 1. The lowest BCUT2D eigenvalue weighted by Gasteiger charge is -2.44. The molecule has 0 spiro atoms. The minimum Gasteiger partial charge on any atom is -0.480 e. The zero-order valence-electron chi connectivity index (χ0n) is 20.0. The number of rotatable bonds is 9. The molecule has 0 radical (unpaired) electrons. The summed E-state index contributed by atoms with van der Waals surface area (Å²) in [6.07, 6.45) is 0.577. The number of fused-ring (bicyclic) bond motifs is 1. The number of carbonyl (C=O) groups excluding carboxylic acids is 3. The molecule has 0 aromatic heterocycles. The highest BCUT2D eigenvalue weighted by molar-refractivity contribution is 8.01. The van der Waals surface area contributed by atoms with E-state index >= 15 is 0 Å². The van der Waals surface area contributed by atoms with Crippen LogP contribution in [0.2, 0.25) is 0 Å². The van der Waals surface area contributed by atoms with E-state index in [0.717, 1.165) is 0 Å². The molecule has 1 unspecified atom stereocenters. The van der Waals surface area contributed by atoms with E-state index in [1.54, 1.807) is 45.2 Å². The molecule has 6 N–H and O–H groups in total. The Morgan fingerprint density at radius 1 is 1.24 bits per heavy atom. The molecule has 2 saturated heterocycles. The number of carboxylic acid groups (broad SMARTS) is 1. The second-order valence-electron chi connectivity index (χ2n) is 9.67. The Bertz CT molecular complexity index is 984. The maximum Gasteiger partial charge on any atom is 0.327 e. The summed E-state index contributed by atoms with van der Waals surface area (Å²) in [5.74, 6) is -2.18. The van der Waals surface area contributed by atoms with Crippen LogP contribution in [0.25, 0.3) is 0 Å². The van der Waals surface area contributed by atoms with Gasteiger partial charge in [-0.3, -0.25) is 14.4 Å². The van der Waals surface area contributed by atoms with Gasteiger partial charge >= 0.3 is 5.97 Å². The van der Waals surface area contributed by atoms with Gasteiger partial charge in [-0.1, -0.05) is 26.0 Å². The summed E-state index contributed by atoms with van der Waals surface area (Å²) in [6, 6.07) is 3.22. The van der Waals surface area contributed by atoms with Gasteiger partial charge in [-0.2, -0.15) is 0 Å². The fraction of sp³-hybridized carbons (Fsp3) is 0.565. The number of nitrogens with two attached hydrogens (primary N) is 1. The molecule has 2 aliphatic rings. The van der Waals surface area contributed by atoms with Gasteiger partial charge in [0.25, 0.3) is 0 Å². The summed E-state index contributed by atoms with van der Waals surface area (Å²) in [5, 5.41) is 17.6. The highest BCUT2D eigenvalue weighted by atomic mass is 32.2. The quantitative estimate of drug-likeness (QED) is 0.250. The molecule has 10 nitrogen and oxygen atoms in total. The van der Waals surface area contributed by atoms with Crippen molar-refractivity contribution in [1.29, 1.82) is 0 Å². The number of β-lactam (4-membered cyclic amide) rings is 1. The monoisotopic (exact) mass is 491 g/mol. The number of thioether (sulfide) groups is 1. The largest absolute Gasteiger partial charge is 0.480 e. The number of benzene rings is 1. The molecule has 5 atom stereocenters. The third-order valence-corrected chi connectivity index (χ3v) is 7.71. The van der Waals surface area contributed by atoms with Crippen LogP contribution < -0.4 is 21.7 Å². The fourth-order valence-corrected chi connectivity index (χ4v) is 6.12. The van der Waals surface area contributed by atoms with Crippen LogP contribution in [0.5, 0.6) is 0 Å². The van der Waals surface area contributed by atoms with E-state index < -0.39 is 52.1 Å². The Morgan fingerprint density at radius 3 is 2.47 bits per heavy atom. The van der Waals surface area contributed by atoms with Crippen LogP contribution in [0.3, 0.4) is 0 Å². The maximum absolute atomic E-state index is 13.4. The third kappa shape index (κ3) is 5.00. The van der Waals surface area contributed by atoms with Crippen LogP contribution in [-0.2, 0) is 19.2 Å². The Labute approximate surface area is 203 Å². The molecule has 11 heteroatoms. The first-order valence-electron chi connectivity index (χ1n) is 11.2. The summed E-state index contributed by atoms with van der Waals surface area (Å²) in [6.45, 7) is 7.53. The molecular weight excluding hydrogens is 458 g/mol. The molecule has 0 bridgehead atoms. The smallest absolute Gasteiger partial charge is 0.327 e. The van der Waals surface area contributed by atoms with Gasteiger partial charge in [0.15, 0.2) is 0 Å². The van der Waals surface area contributed by atoms with E-state index in [0.29, 0.717) is 17.7 Å². The third-order valence-electron chi connectivity index (χ3n) is 6.14. The number of anilines is 1. The normalized spacial score (nSPS) is 24.7. The number of nitrogen functional groups attached to an aromatic ring is 1. The van der Waals surface area contributed by atoms with Crippen LogP contribution in [0.1, 0.15) is 45.7 Å². The van der Waals surface area contributed by atoms with Crippen molar-refractivity contribution in [3.05, 3.63) is 29.8 Å². The van der Waals surface area contributed by atoms with Crippen molar-refractivity contribution in [1.82, 2.24) is 20.9 Å². The summed E-state index contributed by atoms with van der Waals surface area (Å²) in [7, 11) is 1.68. The van der Waals surface area contributed by atoms with Crippen molar-refractivity contribution in [2.45, 2.75) is 68.4 Å². The molecule has 34 heavy (non-hydrogen) atoms. The van der Waals surface area contributed by atoms with Crippen molar-refractivity contribution in [3.8, 4) is 0 Å². The van der Waals surface area contributed by atoms with Gasteiger partial charge in [0.1, 0.15) is 23.5 Å². The molecule has 2 aliphatic heterocycles. The average Bonchev–Trinajstić information content (AvgIpc) is 3.01. The molecule has 2 heterocycles. The second kappa shape index (κ2) is 9.83. The van der Waals surface area contributed by atoms with Crippen molar-refractivity contribution in [3.63, 3.8) is 0 Å². The lowest BCUT2D eigenvalue weighted by atomic mass is 9.95. The number of nitrogens with zero attached hydrogens (tertiary/aromatic N) is 1. The highest BCUT2D eigenvalue weighted by Crippen LogP contribution is 2.50. The standard InChI is InChI=1S/C23H33N5O5S/c1-11(2)9-14(25-5)18(29)26-15(12-7-6-8-13(24)10-12)19(30)27-16-20(31)28-17(22(32)33)23(3,4)34-21(16)28/h6-8,10-11,14-17,21,25H,9,24H2,1-5H3,(H,26,29)(H,27,30)(H,32,33)/t14-,15?,16+,17-,21+/m0/s1. The van der Waals surface area contributed by atoms with Gasteiger partial charge in [-0.15, -0.1) is 11.8 Å². The predicted octanol–water partition coefficient (Wildman–Crippen LogP) is 0.692. The van der Waals surface area contributed by atoms with E-state index in [2.05, 4.69) is 16.0 Å². The summed E-state index contributed by atoms with van der Waals surface area (Å²) in [5.41, 5.74) is 6.82. The number of aliphatic carboxylic acids is 1. The first kappa shape index (κ1) is 25.8. The van der Waals surface area contributed by atoms with Crippen molar-refractivity contribution in [2.75, 3.05) is 12.8 Å². The number of hydrogen-bond donors (Lipinski definition) is 5. The molecule has 0 aliphatic carbocycles. The molecule has 1 aromatic rings. The number of carbonyl (C=O) groups is 4. The predicted molar refractivity (Wildman–Crippen MR) is 130 cm³/mol. The topological polar surface area (TPSA) is 154 Å². The minimum atomic E-state index is -1.08. The van der Waals surface area contributed by atoms with Crippen molar-refractivity contribution >= 4 is 41.1 Å². The van der Waals surface area contributed by atoms with E-state index in [-0.39, 0.29) is 11.8 Å². The van der Waals surface area contributed by atoms with Gasteiger partial charge in [-0.05, 0) is 50.9 Å². The number of amides is 3. The Balaban J connectivity index is 1.81. The molecule has 3 amide bonds. The number of hydrogen-bond acceptors (Lipinski definition) is 7. The second-order valence-corrected chi connectivity index (χ2v) is 11.4. The van der Waals surface area contributed by atoms with Gasteiger partial charge in [-0.25, -0.2) is 4.79 Å². The Hall–Kier alpha value is -2.79. The first-order valence-corrected chi connectivity index (χ1v) is 12.1. The Morgan fingerprint density at radius 2 is 1.91 bits per heavy atom. The molecule has 2 fully saturated rings. The van der Waals surface area contributed by atoms with Crippen molar-refractivity contribution < 1.29 is 24.3 Å². The summed E-state index contributed by atoms with van der Waals surface area (Å²) in [4.78, 5) is 52.2. The van der Waals surface area contributed by atoms with Crippen LogP contribution in [0.4, 0.5) is 5.69 Å². The zero-order valence-corrected chi connectivity index (χ0v) is 20.8. The first-order chi connectivity index (χ1) is 15.9. The lowest BCUT2D eigenvalue weighted by Crippen LogP contribution is -2.71. The Kier molecular flexibility index (Phi) is 7.47. The van der Waals surface area contributed by atoms with Gasteiger partial charge < -0.3 is 31.7 Å². The van der Waals surface area contributed by atoms with E-state index in [1.807, 2.05) is 13.8 Å². The van der Waals surface area contributed by atoms with E-state index in [1.165, 1.54) is 16.7 Å². The molecular formula is C23H33N5O5S. The van der Waals surface area contributed by atoms with Crippen LogP contribution in [0.15, 0.2) is 24.3 Å². The van der Waals surface area contributed by atoms with Crippen molar-refractivity contribution in [2.24, 2.45) is 5.92 Å². The zero-order chi connectivity index (χ0) is 25.4. The molecule has 0 saturated carbocycles. The fourth-order valence-electron chi connectivity index (χ4n) is 4.49. The lowest BCUT2D eigenvalue weighted by molar-refractivity contribution is -0.161. The van der Waals surface area contributed by atoms with E-state index in [9.17, 15) is 24.3 Å². The number of likely N-dealkylation sites (N-methyl/N-ethyl adjacent to an activating group) is 1. The average molecular weight is 492 g/mol. The molecule has 186 valence electrons. The number of nitrogens with one attached hydrogen (secondary N) is 3. The van der Waals surface area contributed by atoms with Crippen LogP contribution in [0, 0.1) is 5.92 Å². The maximum atomic E-state index is 13.4. The molecule has 1 aromatic carbocycles. The SMILES string of the molecule is CN[C@@H](CC(C)C)C(=O)NC(C(=O)N[C@@H]1C(=O)N2[C@@H]1SC(C)(C)[C@@H]2C(=O)O)c1cccc(N)c1. The highest BCUT2D eigenvalue weighted by Gasteiger charge is 2.64. The van der Waals surface area contributed by atoms with E-state index in [4.69, 9.17) is 5.73 Å². The minimum absolute atomic E-state index is 0.256. The summed E-state index contributed by atoms with van der Waals surface area (Å²) < 4.78 is -0.704. The van der Waals surface area contributed by atoms with Gasteiger partial charge in [0.2, 0.25) is 17.7 Å². The van der Waals surface area contributed by atoms with Crippen LogP contribution in [-0.4, -0.2) is 69.0 Å². The molecule has 3 rings (SSSR count). The van der Waals surface area contributed by atoms with Gasteiger partial charge in [0, 0.05) is 10.4 Å². The van der Waals surface area contributed by atoms with Crippen LogP contribution >= 0.6 is 11.8 Å². The summed E-state index contributed by atoms with van der Waals surface area (Å²) >= 11 is 1.34.